The molecule has 0 spiro atoms. The fraction of sp³-hybridized carbons (Fsp3) is 0.308. The number of pyridine rings is 1. The number of hydrogen-bond donors (Lipinski definition) is 2. The van der Waals surface area contributed by atoms with Gasteiger partial charge in [-0.3, -0.25) is 4.98 Å². The first-order valence-corrected chi connectivity index (χ1v) is 6.78. The quantitative estimate of drug-likeness (QED) is 0.905. The molecule has 2 aromatic heterocycles. The van der Waals surface area contributed by atoms with Crippen LogP contribution >= 0.6 is 11.3 Å². The van der Waals surface area contributed by atoms with Crippen LogP contribution in [0.15, 0.2) is 24.7 Å². The summed E-state index contributed by atoms with van der Waals surface area (Å²) in [5, 5.41) is 6.54. The molecular weight excluding hydrogens is 260 g/mol. The number of aromatic nitrogens is 2. The molecule has 0 aliphatic carbocycles. The van der Waals surface area contributed by atoms with E-state index < -0.39 is 0 Å². The van der Waals surface area contributed by atoms with Gasteiger partial charge in [0.15, 0.2) is 0 Å². The molecule has 19 heavy (non-hydrogen) atoms. The largest absolute Gasteiger partial charge is 0.329 e. The van der Waals surface area contributed by atoms with E-state index in [2.05, 4.69) is 20.6 Å². The third-order valence-corrected chi connectivity index (χ3v) is 3.74. The van der Waals surface area contributed by atoms with Crippen LogP contribution in [0.3, 0.4) is 0 Å². The molecule has 0 aliphatic rings. The molecule has 0 unspecified atom stereocenters. The summed E-state index contributed by atoms with van der Waals surface area (Å²) < 4.78 is 0. The summed E-state index contributed by atoms with van der Waals surface area (Å²) in [6.45, 7) is 5.83. The zero-order chi connectivity index (χ0) is 13.8. The highest BCUT2D eigenvalue weighted by molar-refractivity contribution is 7.11. The second kappa shape index (κ2) is 5.79. The molecular formula is C13H16N4OS. The van der Waals surface area contributed by atoms with E-state index in [1.165, 1.54) is 0 Å². The fourth-order valence-corrected chi connectivity index (χ4v) is 2.36. The van der Waals surface area contributed by atoms with Gasteiger partial charge in [-0.2, -0.15) is 0 Å². The van der Waals surface area contributed by atoms with E-state index in [0.717, 1.165) is 15.4 Å². The minimum atomic E-state index is -0.253. The van der Waals surface area contributed by atoms with Crippen molar-refractivity contribution in [2.45, 2.75) is 26.8 Å². The molecule has 0 radical (unpaired) electrons. The zero-order valence-corrected chi connectivity index (χ0v) is 11.9. The number of nitrogens with zero attached hydrogens (tertiary/aromatic N) is 2. The van der Waals surface area contributed by atoms with Gasteiger partial charge in [0.25, 0.3) is 0 Å². The van der Waals surface area contributed by atoms with Crippen LogP contribution in [0.5, 0.6) is 0 Å². The number of aryl methyl sites for hydroxylation is 2. The first-order valence-electron chi connectivity index (χ1n) is 5.96. The molecule has 2 heterocycles. The van der Waals surface area contributed by atoms with E-state index in [9.17, 15) is 4.79 Å². The topological polar surface area (TPSA) is 66.9 Å². The van der Waals surface area contributed by atoms with Crippen molar-refractivity contribution in [2.24, 2.45) is 0 Å². The fourth-order valence-electron chi connectivity index (χ4n) is 1.58. The molecule has 2 N–H and O–H groups in total. The molecule has 0 saturated heterocycles. The van der Waals surface area contributed by atoms with E-state index in [1.807, 2.05) is 26.8 Å². The van der Waals surface area contributed by atoms with E-state index in [1.54, 1.807) is 29.9 Å². The number of carbonyl (C=O) groups is 1. The summed E-state index contributed by atoms with van der Waals surface area (Å²) in [7, 11) is 0. The predicted octanol–water partition coefficient (Wildman–Crippen LogP) is 3.04. The Bertz CT molecular complexity index is 582. The Balaban J connectivity index is 1.96. The van der Waals surface area contributed by atoms with Crippen molar-refractivity contribution in [1.82, 2.24) is 15.3 Å². The molecule has 2 amide bonds. The monoisotopic (exact) mass is 276 g/mol. The lowest BCUT2D eigenvalue weighted by atomic mass is 10.2. The Morgan fingerprint density at radius 2 is 2.16 bits per heavy atom. The molecule has 0 fully saturated rings. The average Bonchev–Trinajstić information content (AvgIpc) is 2.79. The minimum Gasteiger partial charge on any atom is -0.329 e. The zero-order valence-electron chi connectivity index (χ0n) is 11.1. The first kappa shape index (κ1) is 13.5. The highest BCUT2D eigenvalue weighted by Gasteiger charge is 2.13. The number of carbonyl (C=O) groups excluding carboxylic acids is 1. The maximum Gasteiger partial charge on any atom is 0.319 e. The van der Waals surface area contributed by atoms with E-state index in [0.29, 0.717) is 5.69 Å². The number of anilines is 1. The summed E-state index contributed by atoms with van der Waals surface area (Å²) in [6.07, 6.45) is 5.13. The minimum absolute atomic E-state index is 0.115. The van der Waals surface area contributed by atoms with E-state index in [4.69, 9.17) is 0 Å². The van der Waals surface area contributed by atoms with Gasteiger partial charge in [0.2, 0.25) is 0 Å². The van der Waals surface area contributed by atoms with Crippen molar-refractivity contribution >= 4 is 23.1 Å². The normalized spacial score (nSPS) is 11.9. The Labute approximate surface area is 116 Å². The highest BCUT2D eigenvalue weighted by Crippen LogP contribution is 2.19. The van der Waals surface area contributed by atoms with Gasteiger partial charge in [0.1, 0.15) is 5.01 Å². The summed E-state index contributed by atoms with van der Waals surface area (Å²) in [5.41, 5.74) is 1.69. The second-order valence-electron chi connectivity index (χ2n) is 4.32. The molecule has 100 valence electrons. The molecule has 0 aromatic carbocycles. The molecule has 0 saturated carbocycles. The van der Waals surface area contributed by atoms with E-state index >= 15 is 0 Å². The van der Waals surface area contributed by atoms with Gasteiger partial charge in [-0.15, -0.1) is 11.3 Å². The number of thiazole rings is 1. The Morgan fingerprint density at radius 1 is 1.37 bits per heavy atom. The van der Waals surface area contributed by atoms with Crippen molar-refractivity contribution in [3.63, 3.8) is 0 Å². The van der Waals surface area contributed by atoms with Gasteiger partial charge in [-0.05, 0) is 32.4 Å². The highest BCUT2D eigenvalue weighted by atomic mass is 32.1. The van der Waals surface area contributed by atoms with Crippen LogP contribution in [0.1, 0.15) is 28.4 Å². The lowest BCUT2D eigenvalue weighted by Crippen LogP contribution is -2.31. The smallest absolute Gasteiger partial charge is 0.319 e. The van der Waals surface area contributed by atoms with Crippen LogP contribution in [-0.4, -0.2) is 16.0 Å². The number of nitrogens with one attached hydrogen (secondary N) is 2. The van der Waals surface area contributed by atoms with Crippen LogP contribution in [0.2, 0.25) is 0 Å². The summed E-state index contributed by atoms with van der Waals surface area (Å²) >= 11 is 1.58. The van der Waals surface area contributed by atoms with Gasteiger partial charge in [0.05, 0.1) is 17.9 Å². The number of rotatable bonds is 3. The number of hydrogen-bond acceptors (Lipinski definition) is 4. The molecule has 0 aliphatic heterocycles. The number of amides is 2. The van der Waals surface area contributed by atoms with Crippen LogP contribution in [0.25, 0.3) is 0 Å². The molecule has 2 aromatic rings. The van der Waals surface area contributed by atoms with Crippen LogP contribution in [0, 0.1) is 13.8 Å². The van der Waals surface area contributed by atoms with Crippen molar-refractivity contribution in [3.8, 4) is 0 Å². The van der Waals surface area contributed by atoms with Gasteiger partial charge >= 0.3 is 6.03 Å². The summed E-state index contributed by atoms with van der Waals surface area (Å²) in [6, 6.07) is 1.48. The number of urea groups is 1. The SMILES string of the molecule is Cc1cnc([C@H](C)NC(=O)Nc2cnccc2C)s1. The third-order valence-electron chi connectivity index (χ3n) is 2.64. The van der Waals surface area contributed by atoms with Crippen LogP contribution in [0.4, 0.5) is 10.5 Å². The molecule has 0 bridgehead atoms. The van der Waals surface area contributed by atoms with Crippen molar-refractivity contribution in [3.05, 3.63) is 40.1 Å². The van der Waals surface area contributed by atoms with Crippen molar-refractivity contribution in [2.75, 3.05) is 5.32 Å². The lowest BCUT2D eigenvalue weighted by molar-refractivity contribution is 0.249. The first-order chi connectivity index (χ1) is 9.06. The molecule has 2 rings (SSSR count). The maximum atomic E-state index is 11.9. The molecule has 1 atom stereocenters. The summed E-state index contributed by atoms with van der Waals surface area (Å²) in [5.74, 6) is 0. The Hall–Kier alpha value is -1.95. The predicted molar refractivity (Wildman–Crippen MR) is 76.4 cm³/mol. The van der Waals surface area contributed by atoms with Crippen LogP contribution in [-0.2, 0) is 0 Å². The van der Waals surface area contributed by atoms with Gasteiger partial charge in [-0.1, -0.05) is 0 Å². The van der Waals surface area contributed by atoms with E-state index in [-0.39, 0.29) is 12.1 Å². The van der Waals surface area contributed by atoms with Crippen molar-refractivity contribution in [1.29, 1.82) is 0 Å². The van der Waals surface area contributed by atoms with Gasteiger partial charge in [0, 0.05) is 17.3 Å². The maximum absolute atomic E-state index is 11.9. The Kier molecular flexibility index (Phi) is 4.11. The lowest BCUT2D eigenvalue weighted by Gasteiger charge is -2.13. The van der Waals surface area contributed by atoms with Gasteiger partial charge in [-0.25, -0.2) is 9.78 Å². The van der Waals surface area contributed by atoms with Crippen molar-refractivity contribution < 1.29 is 4.79 Å². The second-order valence-corrected chi connectivity index (χ2v) is 5.59. The third kappa shape index (κ3) is 3.51. The standard InChI is InChI=1S/C13H16N4OS/c1-8-4-5-14-7-11(8)17-13(18)16-10(3)12-15-6-9(2)19-12/h4-7,10H,1-3H3,(H2,16,17,18)/t10-/m0/s1. The molecule has 5 nitrogen and oxygen atoms in total. The Morgan fingerprint density at radius 3 is 2.79 bits per heavy atom. The molecule has 6 heteroatoms. The van der Waals surface area contributed by atoms with Gasteiger partial charge < -0.3 is 10.6 Å². The average molecular weight is 276 g/mol. The van der Waals surface area contributed by atoms with Crippen LogP contribution < -0.4 is 10.6 Å². The summed E-state index contributed by atoms with van der Waals surface area (Å²) in [4.78, 5) is 21.3.